The Morgan fingerprint density at radius 3 is 2.71 bits per heavy atom. The van der Waals surface area contributed by atoms with Crippen LogP contribution in [-0.4, -0.2) is 13.7 Å². The lowest BCUT2D eigenvalue weighted by Crippen LogP contribution is -2.23. The third-order valence-corrected chi connectivity index (χ3v) is 5.20. The van der Waals surface area contributed by atoms with Crippen molar-refractivity contribution in [1.29, 1.82) is 0 Å². The van der Waals surface area contributed by atoms with E-state index in [0.717, 1.165) is 33.9 Å². The molecule has 5 heteroatoms. The lowest BCUT2D eigenvalue weighted by atomic mass is 10.0. The number of thiophene rings is 1. The maximum atomic E-state index is 6.07. The summed E-state index contributed by atoms with van der Waals surface area (Å²) < 4.78 is 7.10. The van der Waals surface area contributed by atoms with Crippen LogP contribution in [0.4, 0.5) is 0 Å². The van der Waals surface area contributed by atoms with Gasteiger partial charge in [0.25, 0.3) is 0 Å². The van der Waals surface area contributed by atoms with Crippen molar-refractivity contribution in [2.45, 2.75) is 25.8 Å². The highest BCUT2D eigenvalue weighted by Crippen LogP contribution is 2.31. The van der Waals surface area contributed by atoms with E-state index in [1.54, 1.807) is 18.4 Å². The van der Waals surface area contributed by atoms with Gasteiger partial charge >= 0.3 is 0 Å². The molecule has 0 fully saturated rings. The van der Waals surface area contributed by atoms with E-state index in [0.29, 0.717) is 6.04 Å². The maximum absolute atomic E-state index is 6.07. The highest BCUT2D eigenvalue weighted by molar-refractivity contribution is 9.10. The molecule has 0 saturated carbocycles. The van der Waals surface area contributed by atoms with Crippen LogP contribution in [0.2, 0.25) is 4.34 Å². The molecule has 2 aromatic rings. The number of rotatable bonds is 7. The zero-order chi connectivity index (χ0) is 15.2. The topological polar surface area (TPSA) is 21.3 Å². The van der Waals surface area contributed by atoms with E-state index in [9.17, 15) is 0 Å². The molecule has 0 amide bonds. The Morgan fingerprint density at radius 2 is 2.14 bits per heavy atom. The van der Waals surface area contributed by atoms with Crippen LogP contribution in [0, 0.1) is 0 Å². The summed E-state index contributed by atoms with van der Waals surface area (Å²) in [4.78, 5) is 1.28. The fraction of sp³-hybridized carbons (Fsp3) is 0.375. The number of benzene rings is 1. The van der Waals surface area contributed by atoms with Crippen LogP contribution >= 0.6 is 38.9 Å². The Morgan fingerprint density at radius 1 is 1.33 bits per heavy atom. The fourth-order valence-electron chi connectivity index (χ4n) is 2.18. The Bertz CT molecular complexity index is 587. The average molecular weight is 389 g/mol. The molecule has 1 unspecified atom stereocenters. The number of methoxy groups -OCH3 is 1. The molecule has 21 heavy (non-hydrogen) atoms. The van der Waals surface area contributed by atoms with E-state index in [1.165, 1.54) is 10.4 Å². The van der Waals surface area contributed by atoms with Crippen LogP contribution < -0.4 is 10.1 Å². The molecule has 114 valence electrons. The lowest BCUT2D eigenvalue weighted by Gasteiger charge is -2.18. The van der Waals surface area contributed by atoms with E-state index < -0.39 is 0 Å². The van der Waals surface area contributed by atoms with Gasteiger partial charge in [0.05, 0.1) is 15.9 Å². The molecule has 0 aliphatic carbocycles. The number of hydrogen-bond acceptors (Lipinski definition) is 3. The molecule has 1 N–H and O–H groups in total. The number of hydrogen-bond donors (Lipinski definition) is 1. The summed E-state index contributed by atoms with van der Waals surface area (Å²) in [6.07, 6.45) is 2.04. The van der Waals surface area contributed by atoms with Gasteiger partial charge < -0.3 is 10.1 Å². The number of nitrogens with one attached hydrogen (secondary N) is 1. The zero-order valence-electron chi connectivity index (χ0n) is 12.2. The quantitative estimate of drug-likeness (QED) is 0.680. The van der Waals surface area contributed by atoms with Crippen molar-refractivity contribution in [1.82, 2.24) is 5.32 Å². The second-order valence-electron chi connectivity index (χ2n) is 4.82. The van der Waals surface area contributed by atoms with Gasteiger partial charge in [-0.2, -0.15) is 0 Å². The molecule has 0 aliphatic rings. The van der Waals surface area contributed by atoms with E-state index in [1.807, 2.05) is 12.1 Å². The average Bonchev–Trinajstić information content (AvgIpc) is 2.90. The molecule has 0 spiro atoms. The van der Waals surface area contributed by atoms with Crippen molar-refractivity contribution >= 4 is 38.9 Å². The molecule has 0 bridgehead atoms. The van der Waals surface area contributed by atoms with Crippen molar-refractivity contribution < 1.29 is 4.74 Å². The van der Waals surface area contributed by atoms with Crippen LogP contribution in [0.25, 0.3) is 0 Å². The first-order chi connectivity index (χ1) is 10.1. The smallest absolute Gasteiger partial charge is 0.133 e. The van der Waals surface area contributed by atoms with Gasteiger partial charge in [0.15, 0.2) is 0 Å². The van der Waals surface area contributed by atoms with Gasteiger partial charge in [-0.15, -0.1) is 11.3 Å². The first-order valence-corrected chi connectivity index (χ1v) is 8.93. The predicted octanol–water partition coefficient (Wildman–Crippen LogP) is 5.46. The number of ether oxygens (including phenoxy) is 1. The minimum atomic E-state index is 0.294. The molecule has 2 rings (SSSR count). The van der Waals surface area contributed by atoms with Crippen molar-refractivity contribution in [3.8, 4) is 5.75 Å². The molecule has 0 saturated heterocycles. The molecular formula is C16H19BrClNOS. The second-order valence-corrected chi connectivity index (χ2v) is 7.42. The normalized spacial score (nSPS) is 12.4. The highest BCUT2D eigenvalue weighted by Gasteiger charge is 2.14. The van der Waals surface area contributed by atoms with Crippen LogP contribution in [-0.2, 0) is 6.42 Å². The molecule has 2 nitrogen and oxygen atoms in total. The molecule has 1 aromatic carbocycles. The summed E-state index contributed by atoms with van der Waals surface area (Å²) in [6, 6.07) is 10.6. The van der Waals surface area contributed by atoms with Gasteiger partial charge in [-0.3, -0.25) is 0 Å². The largest absolute Gasteiger partial charge is 0.496 e. The Kier molecular flexibility index (Phi) is 6.55. The van der Waals surface area contributed by atoms with Crippen molar-refractivity contribution in [3.63, 3.8) is 0 Å². The van der Waals surface area contributed by atoms with Crippen LogP contribution in [0.1, 0.15) is 29.8 Å². The monoisotopic (exact) mass is 387 g/mol. The molecule has 1 aromatic heterocycles. The third-order valence-electron chi connectivity index (χ3n) is 3.23. The van der Waals surface area contributed by atoms with Crippen molar-refractivity contribution in [3.05, 3.63) is 49.6 Å². The summed E-state index contributed by atoms with van der Waals surface area (Å²) in [5.41, 5.74) is 1.26. The SMILES string of the molecule is CCCNC(Cc1ccc(OC)c(Br)c1)c1ccc(Cl)s1. The minimum absolute atomic E-state index is 0.294. The number of halogens is 2. The molecule has 0 aliphatic heterocycles. The summed E-state index contributed by atoms with van der Waals surface area (Å²) in [7, 11) is 1.68. The second kappa shape index (κ2) is 8.18. The fourth-order valence-corrected chi connectivity index (χ4v) is 3.90. The van der Waals surface area contributed by atoms with E-state index in [2.05, 4.69) is 46.4 Å². The molecule has 1 heterocycles. The minimum Gasteiger partial charge on any atom is -0.496 e. The Balaban J connectivity index is 2.16. The van der Waals surface area contributed by atoms with Gasteiger partial charge in [0.2, 0.25) is 0 Å². The van der Waals surface area contributed by atoms with Gasteiger partial charge in [-0.1, -0.05) is 24.6 Å². The highest BCUT2D eigenvalue weighted by atomic mass is 79.9. The molecular weight excluding hydrogens is 370 g/mol. The zero-order valence-corrected chi connectivity index (χ0v) is 15.3. The third kappa shape index (κ3) is 4.71. The van der Waals surface area contributed by atoms with Crippen LogP contribution in [0.3, 0.4) is 0 Å². The van der Waals surface area contributed by atoms with Gasteiger partial charge in [0.1, 0.15) is 5.75 Å². The summed E-state index contributed by atoms with van der Waals surface area (Å²) in [5, 5.41) is 3.60. The molecule has 1 atom stereocenters. The first kappa shape index (κ1) is 16.8. The predicted molar refractivity (Wildman–Crippen MR) is 94.8 cm³/mol. The summed E-state index contributed by atoms with van der Waals surface area (Å²) >= 11 is 11.3. The van der Waals surface area contributed by atoms with Crippen molar-refractivity contribution in [2.75, 3.05) is 13.7 Å². The van der Waals surface area contributed by atoms with Gasteiger partial charge in [-0.25, -0.2) is 0 Å². The Hall–Kier alpha value is -0.550. The maximum Gasteiger partial charge on any atom is 0.133 e. The van der Waals surface area contributed by atoms with Gasteiger partial charge in [0, 0.05) is 10.9 Å². The van der Waals surface area contributed by atoms with E-state index in [4.69, 9.17) is 16.3 Å². The van der Waals surface area contributed by atoms with E-state index >= 15 is 0 Å². The summed E-state index contributed by atoms with van der Waals surface area (Å²) in [5.74, 6) is 0.857. The lowest BCUT2D eigenvalue weighted by molar-refractivity contribution is 0.412. The van der Waals surface area contributed by atoms with Crippen LogP contribution in [0.15, 0.2) is 34.8 Å². The van der Waals surface area contributed by atoms with Crippen LogP contribution in [0.5, 0.6) is 5.75 Å². The summed E-state index contributed by atoms with van der Waals surface area (Å²) in [6.45, 7) is 3.17. The Labute approximate surface area is 143 Å². The van der Waals surface area contributed by atoms with E-state index in [-0.39, 0.29) is 0 Å². The standard InChI is InChI=1S/C16H19BrClNOS/c1-3-8-19-13(15-6-7-16(18)21-15)10-11-4-5-14(20-2)12(17)9-11/h4-7,9,13,19H,3,8,10H2,1-2H3. The first-order valence-electron chi connectivity index (χ1n) is 6.95. The van der Waals surface area contributed by atoms with Gasteiger partial charge in [-0.05, 0) is 65.1 Å². The van der Waals surface area contributed by atoms with Crippen molar-refractivity contribution in [2.24, 2.45) is 0 Å². The molecule has 0 radical (unpaired) electrons.